The van der Waals surface area contributed by atoms with Gasteiger partial charge < -0.3 is 14.4 Å². The molecule has 144 valence electrons. The number of ether oxygens (including phenoxy) is 2. The third kappa shape index (κ3) is 4.73. The Morgan fingerprint density at radius 1 is 1.31 bits per heavy atom. The molecule has 2 rings (SSSR count). The van der Waals surface area contributed by atoms with Gasteiger partial charge in [-0.1, -0.05) is 6.92 Å². The number of hydrogen-bond acceptors (Lipinski definition) is 6. The summed E-state index contributed by atoms with van der Waals surface area (Å²) in [7, 11) is -2.64. The summed E-state index contributed by atoms with van der Waals surface area (Å²) < 4.78 is 33.1. The van der Waals surface area contributed by atoms with Crippen LogP contribution in [0, 0.1) is 0 Å². The van der Waals surface area contributed by atoms with E-state index in [4.69, 9.17) is 14.6 Å². The second-order valence-corrected chi connectivity index (χ2v) is 7.69. The number of carbonyl (C=O) groups excluding carboxylic acids is 2. The van der Waals surface area contributed by atoms with Crippen LogP contribution in [0.25, 0.3) is 0 Å². The van der Waals surface area contributed by atoms with Crippen molar-refractivity contribution in [3.63, 3.8) is 0 Å². The molecule has 0 aliphatic carbocycles. The summed E-state index contributed by atoms with van der Waals surface area (Å²) >= 11 is 0. The van der Waals surface area contributed by atoms with Crippen molar-refractivity contribution in [3.8, 4) is 5.75 Å². The first-order chi connectivity index (χ1) is 12.3. The fourth-order valence-corrected chi connectivity index (χ4v) is 3.60. The zero-order valence-corrected chi connectivity index (χ0v) is 15.8. The highest BCUT2D eigenvalue weighted by molar-refractivity contribution is 7.89. The van der Waals surface area contributed by atoms with Gasteiger partial charge in [0, 0.05) is 12.6 Å². The highest BCUT2D eigenvalue weighted by atomic mass is 32.2. The number of methoxy groups -OCH3 is 1. The Morgan fingerprint density at radius 3 is 2.65 bits per heavy atom. The summed E-state index contributed by atoms with van der Waals surface area (Å²) in [5.41, 5.74) is -0.0995. The van der Waals surface area contributed by atoms with Crippen molar-refractivity contribution in [1.29, 1.82) is 0 Å². The summed E-state index contributed by atoms with van der Waals surface area (Å²) in [5.74, 6) is -0.962. The fourth-order valence-electron chi connectivity index (χ4n) is 3.06. The van der Waals surface area contributed by atoms with Crippen LogP contribution < -0.4 is 9.88 Å². The maximum absolute atomic E-state index is 12.4. The van der Waals surface area contributed by atoms with Crippen molar-refractivity contribution in [1.82, 2.24) is 4.90 Å². The van der Waals surface area contributed by atoms with E-state index in [1.807, 2.05) is 6.92 Å². The number of carbonyl (C=O) groups is 2. The van der Waals surface area contributed by atoms with Gasteiger partial charge in [0.05, 0.1) is 12.0 Å². The maximum Gasteiger partial charge on any atom is 0.342 e. The number of esters is 1. The fraction of sp³-hybridized carbons (Fsp3) is 0.529. The molecule has 26 heavy (non-hydrogen) atoms. The SMILES string of the molecule is CC[C@@H]1CCCCN1C(=O)COC(=O)c1cc(S(N)(=O)=O)ccc1OC. The van der Waals surface area contributed by atoms with Gasteiger partial charge in [-0.3, -0.25) is 4.79 Å². The summed E-state index contributed by atoms with van der Waals surface area (Å²) in [6.07, 6.45) is 3.81. The van der Waals surface area contributed by atoms with Gasteiger partial charge in [0.15, 0.2) is 6.61 Å². The van der Waals surface area contributed by atoms with Gasteiger partial charge in [0.1, 0.15) is 11.3 Å². The molecule has 0 radical (unpaired) electrons. The van der Waals surface area contributed by atoms with Crippen LogP contribution in [-0.4, -0.2) is 51.5 Å². The molecule has 9 heteroatoms. The first kappa shape index (κ1) is 20.2. The Labute approximate surface area is 153 Å². The molecule has 8 nitrogen and oxygen atoms in total. The largest absolute Gasteiger partial charge is 0.496 e. The molecule has 1 heterocycles. The van der Waals surface area contributed by atoms with E-state index in [2.05, 4.69) is 0 Å². The number of nitrogens with zero attached hydrogens (tertiary/aromatic N) is 1. The highest BCUT2D eigenvalue weighted by Crippen LogP contribution is 2.23. The third-order valence-corrected chi connectivity index (χ3v) is 5.38. The van der Waals surface area contributed by atoms with E-state index >= 15 is 0 Å². The molecule has 0 saturated carbocycles. The second kappa shape index (κ2) is 8.50. The number of sulfonamides is 1. The molecule has 0 bridgehead atoms. The number of likely N-dealkylation sites (tertiary alicyclic amines) is 1. The van der Waals surface area contributed by atoms with E-state index in [1.165, 1.54) is 19.2 Å². The number of primary sulfonamides is 1. The van der Waals surface area contributed by atoms with Crippen LogP contribution >= 0.6 is 0 Å². The Hall–Kier alpha value is -2.13. The van der Waals surface area contributed by atoms with Crippen LogP contribution in [0.4, 0.5) is 0 Å². The molecule has 1 aromatic rings. The highest BCUT2D eigenvalue weighted by Gasteiger charge is 2.26. The predicted molar refractivity (Wildman–Crippen MR) is 94.3 cm³/mol. The quantitative estimate of drug-likeness (QED) is 0.739. The van der Waals surface area contributed by atoms with Gasteiger partial charge in [0.2, 0.25) is 10.0 Å². The van der Waals surface area contributed by atoms with E-state index in [1.54, 1.807) is 4.90 Å². The summed E-state index contributed by atoms with van der Waals surface area (Å²) in [4.78, 5) is 26.2. The first-order valence-corrected chi connectivity index (χ1v) is 10.00. The van der Waals surface area contributed by atoms with Crippen LogP contribution in [0.2, 0.25) is 0 Å². The molecule has 1 aromatic carbocycles. The minimum atomic E-state index is -3.98. The number of amides is 1. The number of nitrogens with two attached hydrogens (primary N) is 1. The third-order valence-electron chi connectivity index (χ3n) is 4.46. The number of benzene rings is 1. The van der Waals surface area contributed by atoms with Crippen LogP contribution in [-0.2, 0) is 19.6 Å². The van der Waals surface area contributed by atoms with Gasteiger partial charge >= 0.3 is 5.97 Å². The smallest absolute Gasteiger partial charge is 0.342 e. The zero-order valence-electron chi connectivity index (χ0n) is 14.9. The Kier molecular flexibility index (Phi) is 6.60. The molecule has 2 N–H and O–H groups in total. The van der Waals surface area contributed by atoms with Crippen molar-refractivity contribution in [2.75, 3.05) is 20.3 Å². The summed E-state index contributed by atoms with van der Waals surface area (Å²) in [5, 5.41) is 5.09. The number of rotatable bonds is 6. The van der Waals surface area contributed by atoms with Gasteiger partial charge in [-0.05, 0) is 43.9 Å². The molecule has 1 aliphatic heterocycles. The normalized spacial score (nSPS) is 17.7. The van der Waals surface area contributed by atoms with Crippen molar-refractivity contribution in [2.45, 2.75) is 43.5 Å². The van der Waals surface area contributed by atoms with Crippen molar-refractivity contribution < 1.29 is 27.5 Å². The molecular weight excluding hydrogens is 360 g/mol. The van der Waals surface area contributed by atoms with Crippen LogP contribution in [0.5, 0.6) is 5.75 Å². The van der Waals surface area contributed by atoms with Crippen molar-refractivity contribution in [3.05, 3.63) is 23.8 Å². The molecule has 1 amide bonds. The average Bonchev–Trinajstić information content (AvgIpc) is 2.64. The van der Waals surface area contributed by atoms with Crippen LogP contribution in [0.15, 0.2) is 23.1 Å². The second-order valence-electron chi connectivity index (χ2n) is 6.13. The number of hydrogen-bond donors (Lipinski definition) is 1. The standard InChI is InChI=1S/C17H24N2O6S/c1-3-12-6-4-5-9-19(12)16(20)11-25-17(21)14-10-13(26(18,22)23)7-8-15(14)24-2/h7-8,10,12H,3-6,9,11H2,1-2H3,(H2,18,22,23)/t12-/m1/s1. The molecule has 1 fully saturated rings. The lowest BCUT2D eigenvalue weighted by molar-refractivity contribution is -0.138. The minimum absolute atomic E-state index is 0.0995. The molecule has 1 atom stereocenters. The Balaban J connectivity index is 2.10. The Bertz CT molecular complexity index is 777. The lowest BCUT2D eigenvalue weighted by atomic mass is 10.00. The van der Waals surface area contributed by atoms with E-state index in [-0.39, 0.29) is 28.2 Å². The van der Waals surface area contributed by atoms with Crippen LogP contribution in [0.3, 0.4) is 0 Å². The monoisotopic (exact) mass is 384 g/mol. The maximum atomic E-state index is 12.4. The van der Waals surface area contributed by atoms with Crippen LogP contribution in [0.1, 0.15) is 43.0 Å². The van der Waals surface area contributed by atoms with E-state index in [0.717, 1.165) is 31.7 Å². The average molecular weight is 384 g/mol. The lowest BCUT2D eigenvalue weighted by Gasteiger charge is -2.35. The molecule has 0 spiro atoms. The van der Waals surface area contributed by atoms with Gasteiger partial charge in [-0.2, -0.15) is 0 Å². The van der Waals surface area contributed by atoms with Crippen molar-refractivity contribution >= 4 is 21.9 Å². The molecule has 0 aromatic heterocycles. The van der Waals surface area contributed by atoms with Gasteiger partial charge in [-0.15, -0.1) is 0 Å². The number of piperidine rings is 1. The van der Waals surface area contributed by atoms with E-state index in [0.29, 0.717) is 6.54 Å². The van der Waals surface area contributed by atoms with Crippen molar-refractivity contribution in [2.24, 2.45) is 5.14 Å². The predicted octanol–water partition coefficient (Wildman–Crippen LogP) is 1.29. The first-order valence-electron chi connectivity index (χ1n) is 8.45. The van der Waals surface area contributed by atoms with E-state index in [9.17, 15) is 18.0 Å². The zero-order chi connectivity index (χ0) is 19.3. The van der Waals surface area contributed by atoms with E-state index < -0.39 is 22.6 Å². The molecule has 1 aliphatic rings. The molecular formula is C17H24N2O6S. The van der Waals surface area contributed by atoms with Gasteiger partial charge in [0.25, 0.3) is 5.91 Å². The summed E-state index contributed by atoms with van der Waals surface area (Å²) in [6, 6.07) is 3.79. The summed E-state index contributed by atoms with van der Waals surface area (Å²) in [6.45, 7) is 2.27. The molecule has 1 saturated heterocycles. The minimum Gasteiger partial charge on any atom is -0.496 e. The van der Waals surface area contributed by atoms with Gasteiger partial charge in [-0.25, -0.2) is 18.4 Å². The Morgan fingerprint density at radius 2 is 2.04 bits per heavy atom. The molecule has 0 unspecified atom stereocenters. The topological polar surface area (TPSA) is 116 Å². The lowest BCUT2D eigenvalue weighted by Crippen LogP contribution is -2.45.